The minimum Gasteiger partial charge on any atom is -0.618 e. The van der Waals surface area contributed by atoms with E-state index in [0.717, 1.165) is 0 Å². The highest BCUT2D eigenvalue weighted by Gasteiger charge is 2.47. The normalized spacial score (nSPS) is 22.8. The summed E-state index contributed by atoms with van der Waals surface area (Å²) in [4.78, 5) is 29.0. The summed E-state index contributed by atoms with van der Waals surface area (Å²) in [6.07, 6.45) is 1.25. The van der Waals surface area contributed by atoms with E-state index in [4.69, 9.17) is 21.1 Å². The Labute approximate surface area is 143 Å². The number of nitrogens with zero attached hydrogens (tertiary/aromatic N) is 2. The predicted molar refractivity (Wildman–Crippen MR) is 84.4 cm³/mol. The number of cyclic esters (lactones) is 1. The van der Waals surface area contributed by atoms with E-state index >= 15 is 0 Å². The number of ether oxygens (including phenoxy) is 2. The van der Waals surface area contributed by atoms with Gasteiger partial charge in [0, 0.05) is 23.3 Å². The Morgan fingerprint density at radius 1 is 1.58 bits per heavy atom. The molecule has 2 aliphatic rings. The Kier molecular flexibility index (Phi) is 4.28. The molecular weight excluding hydrogens is 336 g/mol. The van der Waals surface area contributed by atoms with Crippen molar-refractivity contribution in [2.24, 2.45) is 10.9 Å². The Morgan fingerprint density at radius 3 is 3.04 bits per heavy atom. The molecule has 1 aromatic rings. The van der Waals surface area contributed by atoms with Crippen LogP contribution < -0.4 is 4.73 Å². The predicted octanol–water partition coefficient (Wildman–Crippen LogP) is 1.52. The maximum absolute atomic E-state index is 12.5. The van der Waals surface area contributed by atoms with Gasteiger partial charge in [0.25, 0.3) is 5.15 Å². The van der Waals surface area contributed by atoms with Gasteiger partial charge in [0.1, 0.15) is 12.5 Å². The lowest BCUT2D eigenvalue weighted by Gasteiger charge is -2.28. The maximum atomic E-state index is 12.5. The number of carbonyl (C=O) groups excluding carboxylic acids is 2. The molecule has 8 heteroatoms. The van der Waals surface area contributed by atoms with Gasteiger partial charge in [0.15, 0.2) is 6.20 Å². The van der Waals surface area contributed by atoms with Gasteiger partial charge in [-0.25, -0.2) is 4.79 Å². The zero-order chi connectivity index (χ0) is 17.4. The zero-order valence-corrected chi connectivity index (χ0v) is 13.9. The lowest BCUT2D eigenvalue weighted by molar-refractivity contribution is -0.603. The van der Waals surface area contributed by atoms with Crippen molar-refractivity contribution in [3.63, 3.8) is 0 Å². The molecular formula is C16H15ClN2O5. The summed E-state index contributed by atoms with van der Waals surface area (Å²) in [6.45, 7) is 3.61. The second kappa shape index (κ2) is 6.24. The molecule has 2 aliphatic heterocycles. The van der Waals surface area contributed by atoms with E-state index in [9.17, 15) is 14.8 Å². The summed E-state index contributed by atoms with van der Waals surface area (Å²) in [6, 6.07) is 3.13. The van der Waals surface area contributed by atoms with E-state index in [-0.39, 0.29) is 23.9 Å². The molecule has 2 unspecified atom stereocenters. The third-order valence-electron chi connectivity index (χ3n) is 4.08. The summed E-state index contributed by atoms with van der Waals surface area (Å²) in [5.41, 5.74) is 1.58. The minimum absolute atomic E-state index is 0.0411. The molecule has 0 aromatic carbocycles. The molecule has 0 spiro atoms. The number of halogens is 1. The van der Waals surface area contributed by atoms with Crippen molar-refractivity contribution in [2.45, 2.75) is 19.8 Å². The fraction of sp³-hybridized carbons (Fsp3) is 0.375. The molecule has 1 aromatic heterocycles. The van der Waals surface area contributed by atoms with Gasteiger partial charge in [-0.3, -0.25) is 9.79 Å². The van der Waals surface area contributed by atoms with Crippen molar-refractivity contribution in [1.29, 1.82) is 0 Å². The number of hydrogen-bond acceptors (Lipinski definition) is 6. The number of hydrogen-bond donors (Lipinski definition) is 0. The Hall–Kier alpha value is -2.41. The summed E-state index contributed by atoms with van der Waals surface area (Å²) in [7, 11) is 0. The number of rotatable bonds is 3. The first-order valence-electron chi connectivity index (χ1n) is 7.45. The van der Waals surface area contributed by atoms with Crippen molar-refractivity contribution in [3.05, 3.63) is 45.5 Å². The van der Waals surface area contributed by atoms with Crippen molar-refractivity contribution in [2.75, 3.05) is 13.2 Å². The highest BCUT2D eigenvalue weighted by atomic mass is 35.5. The molecule has 0 radical (unpaired) electrons. The standard InChI is InChI=1S/C16H15ClN2O5/c1-3-23-15(20)11-8(2)18-10-7-24-16(21)13(10)12(11)9-5-4-6-19(22)14(9)17/h4-6,11-12H,3,7H2,1-2H3. The fourth-order valence-corrected chi connectivity index (χ4v) is 3.33. The highest BCUT2D eigenvalue weighted by Crippen LogP contribution is 2.43. The van der Waals surface area contributed by atoms with E-state index in [1.54, 1.807) is 19.9 Å². The second-order valence-corrected chi connectivity index (χ2v) is 5.84. The van der Waals surface area contributed by atoms with Crippen molar-refractivity contribution >= 4 is 29.3 Å². The van der Waals surface area contributed by atoms with Gasteiger partial charge in [-0.2, -0.15) is 4.73 Å². The van der Waals surface area contributed by atoms with E-state index < -0.39 is 23.8 Å². The van der Waals surface area contributed by atoms with Crippen LogP contribution in [-0.4, -0.2) is 30.9 Å². The first-order valence-corrected chi connectivity index (χ1v) is 7.83. The highest BCUT2D eigenvalue weighted by molar-refractivity contribution is 6.29. The lowest BCUT2D eigenvalue weighted by atomic mass is 9.76. The summed E-state index contributed by atoms with van der Waals surface area (Å²) < 4.78 is 10.7. The number of aliphatic imine (C=N–C) groups is 1. The van der Waals surface area contributed by atoms with Crippen LogP contribution in [0.2, 0.25) is 5.15 Å². The van der Waals surface area contributed by atoms with Gasteiger partial charge < -0.3 is 14.7 Å². The average molecular weight is 351 g/mol. The van der Waals surface area contributed by atoms with Crippen LogP contribution in [-0.2, 0) is 19.1 Å². The largest absolute Gasteiger partial charge is 0.618 e. The molecule has 0 saturated heterocycles. The van der Waals surface area contributed by atoms with Gasteiger partial charge in [-0.1, -0.05) is 0 Å². The molecule has 2 atom stereocenters. The summed E-state index contributed by atoms with van der Waals surface area (Å²) in [5.74, 6) is -2.68. The lowest BCUT2D eigenvalue weighted by Crippen LogP contribution is -2.37. The van der Waals surface area contributed by atoms with Crippen molar-refractivity contribution in [1.82, 2.24) is 0 Å². The van der Waals surface area contributed by atoms with Crippen LogP contribution in [0, 0.1) is 11.1 Å². The van der Waals surface area contributed by atoms with Crippen LogP contribution in [0.1, 0.15) is 25.3 Å². The van der Waals surface area contributed by atoms with Gasteiger partial charge in [-0.15, -0.1) is 0 Å². The first-order chi connectivity index (χ1) is 11.5. The van der Waals surface area contributed by atoms with Crippen LogP contribution in [0.15, 0.2) is 34.6 Å². The van der Waals surface area contributed by atoms with Gasteiger partial charge in [0.2, 0.25) is 0 Å². The number of esters is 2. The minimum atomic E-state index is -0.839. The molecule has 0 saturated carbocycles. The van der Waals surface area contributed by atoms with Crippen molar-refractivity contribution < 1.29 is 23.8 Å². The molecule has 126 valence electrons. The van der Waals surface area contributed by atoms with E-state index in [0.29, 0.717) is 21.7 Å². The molecule has 7 nitrogen and oxygen atoms in total. The zero-order valence-electron chi connectivity index (χ0n) is 13.1. The number of carbonyl (C=O) groups is 2. The first kappa shape index (κ1) is 16.4. The third-order valence-corrected chi connectivity index (χ3v) is 4.47. The fourth-order valence-electron chi connectivity index (χ4n) is 3.09. The maximum Gasteiger partial charge on any atom is 0.337 e. The summed E-state index contributed by atoms with van der Waals surface area (Å²) in [5, 5.41) is 11.7. The van der Waals surface area contributed by atoms with Crippen molar-refractivity contribution in [3.8, 4) is 0 Å². The second-order valence-electron chi connectivity index (χ2n) is 5.48. The molecule has 0 fully saturated rings. The van der Waals surface area contributed by atoms with Gasteiger partial charge >= 0.3 is 11.9 Å². The van der Waals surface area contributed by atoms with Crippen LogP contribution in [0.3, 0.4) is 0 Å². The molecule has 3 rings (SSSR count). The van der Waals surface area contributed by atoms with Crippen LogP contribution in [0.25, 0.3) is 0 Å². The molecule has 24 heavy (non-hydrogen) atoms. The van der Waals surface area contributed by atoms with Crippen LogP contribution in [0.5, 0.6) is 0 Å². The van der Waals surface area contributed by atoms with Gasteiger partial charge in [0.05, 0.1) is 17.9 Å². The number of aromatic nitrogens is 1. The Morgan fingerprint density at radius 2 is 2.33 bits per heavy atom. The topological polar surface area (TPSA) is 91.9 Å². The smallest absolute Gasteiger partial charge is 0.337 e. The summed E-state index contributed by atoms with van der Waals surface area (Å²) >= 11 is 6.14. The quantitative estimate of drug-likeness (QED) is 0.357. The molecule has 0 N–H and O–H groups in total. The SMILES string of the molecule is CCOC(=O)C1C(C)=NC2=C(C(=O)OC2)C1c1ccc[n+]([O-])c1Cl. The molecule has 3 heterocycles. The Balaban J connectivity index is 2.19. The molecule has 0 bridgehead atoms. The number of pyridine rings is 1. The molecule has 0 amide bonds. The van der Waals surface area contributed by atoms with E-state index in [2.05, 4.69) is 4.99 Å². The van der Waals surface area contributed by atoms with E-state index in [1.165, 1.54) is 12.3 Å². The third kappa shape index (κ3) is 2.54. The van der Waals surface area contributed by atoms with Crippen LogP contribution in [0.4, 0.5) is 0 Å². The molecule has 0 aliphatic carbocycles. The average Bonchev–Trinajstić information content (AvgIpc) is 2.90. The monoisotopic (exact) mass is 350 g/mol. The van der Waals surface area contributed by atoms with Gasteiger partial charge in [-0.05, 0) is 31.5 Å². The Bertz CT molecular complexity index is 787. The van der Waals surface area contributed by atoms with E-state index in [1.807, 2.05) is 0 Å². The van der Waals surface area contributed by atoms with Crippen LogP contribution >= 0.6 is 11.6 Å².